The summed E-state index contributed by atoms with van der Waals surface area (Å²) in [5.74, 6) is 3.53. The number of alkyl carbamates (subject to hydrolysis) is 1. The Morgan fingerprint density at radius 1 is 1.00 bits per heavy atom. The van der Waals surface area contributed by atoms with Gasteiger partial charge in [-0.3, -0.25) is 9.69 Å². The van der Waals surface area contributed by atoms with Crippen LogP contribution in [0.1, 0.15) is 107 Å². The number of carbonyl (C=O) groups is 2. The minimum atomic E-state index is -1.01. The molecular weight excluding hydrogens is 608 g/mol. The molecule has 0 saturated heterocycles. The van der Waals surface area contributed by atoms with Gasteiger partial charge in [-0.2, -0.15) is 0 Å². The summed E-state index contributed by atoms with van der Waals surface area (Å²) in [6.45, 7) is 6.08. The highest BCUT2D eigenvalue weighted by molar-refractivity contribution is 5.94. The second-order valence-corrected chi connectivity index (χ2v) is 14.7. The summed E-state index contributed by atoms with van der Waals surface area (Å²) in [4.78, 5) is 38.0. The van der Waals surface area contributed by atoms with Crippen molar-refractivity contribution in [3.8, 4) is 17.0 Å². The van der Waals surface area contributed by atoms with Crippen molar-refractivity contribution in [2.75, 3.05) is 25.1 Å². The summed E-state index contributed by atoms with van der Waals surface area (Å²) in [5, 5.41) is 12.5. The normalized spacial score (nSPS) is 22.9. The van der Waals surface area contributed by atoms with Crippen molar-refractivity contribution in [3.63, 3.8) is 0 Å². The number of anilines is 1. The van der Waals surface area contributed by atoms with Crippen molar-refractivity contribution in [2.45, 2.75) is 109 Å². The highest BCUT2D eigenvalue weighted by atomic mass is 16.6. The molecule has 48 heavy (non-hydrogen) atoms. The third kappa shape index (κ3) is 8.56. The van der Waals surface area contributed by atoms with Gasteiger partial charge in [-0.15, -0.1) is 0 Å². The van der Waals surface area contributed by atoms with E-state index >= 15 is 0 Å². The summed E-state index contributed by atoms with van der Waals surface area (Å²) >= 11 is 0. The number of oxazole rings is 1. The van der Waals surface area contributed by atoms with Gasteiger partial charge in [0.1, 0.15) is 29.6 Å². The number of rotatable bonds is 11. The first-order chi connectivity index (χ1) is 23.1. The third-order valence-corrected chi connectivity index (χ3v) is 10.2. The molecular formula is C38H50N4O6. The molecule has 6 rings (SSSR count). The Balaban J connectivity index is 1.14. The number of nitrogens with one attached hydrogen (secondary N) is 1. The van der Waals surface area contributed by atoms with Crippen LogP contribution in [0.5, 0.6) is 5.75 Å². The van der Waals surface area contributed by atoms with E-state index in [2.05, 4.69) is 30.4 Å². The molecule has 10 heteroatoms. The molecule has 3 aliphatic rings. The fourth-order valence-electron chi connectivity index (χ4n) is 7.18. The molecule has 0 spiro atoms. The SMILES string of the molecule is COc1ccc(C2CCC(CN(C(=O)C3CCC(OC(=O)NCC(C)(C)O)CC3)c3cc(-c4coc(C5CC5)n4)ccn3)CC2)cc1C. The zero-order valence-electron chi connectivity index (χ0n) is 28.7. The van der Waals surface area contributed by atoms with Crippen molar-refractivity contribution in [2.24, 2.45) is 11.8 Å². The molecule has 3 fully saturated rings. The Hall–Kier alpha value is -3.92. The molecule has 0 atom stereocenters. The molecule has 2 heterocycles. The van der Waals surface area contributed by atoms with Gasteiger partial charge in [0, 0.05) is 36.7 Å². The van der Waals surface area contributed by atoms with Crippen molar-refractivity contribution in [3.05, 3.63) is 59.8 Å². The number of hydrogen-bond donors (Lipinski definition) is 2. The van der Waals surface area contributed by atoms with Crippen molar-refractivity contribution in [1.29, 1.82) is 0 Å². The Morgan fingerprint density at radius 3 is 2.40 bits per heavy atom. The lowest BCUT2D eigenvalue weighted by Crippen LogP contribution is -2.43. The Bertz CT molecular complexity index is 1560. The van der Waals surface area contributed by atoms with Crippen LogP contribution in [0.3, 0.4) is 0 Å². The number of pyridine rings is 1. The van der Waals surface area contributed by atoms with Crippen molar-refractivity contribution in [1.82, 2.24) is 15.3 Å². The number of aryl methyl sites for hydroxylation is 1. The molecule has 3 aliphatic carbocycles. The number of nitrogens with zero attached hydrogens (tertiary/aromatic N) is 3. The van der Waals surface area contributed by atoms with Gasteiger partial charge in [0.15, 0.2) is 5.89 Å². The minimum Gasteiger partial charge on any atom is -0.496 e. The van der Waals surface area contributed by atoms with E-state index in [1.54, 1.807) is 33.4 Å². The van der Waals surface area contributed by atoms with Crippen LogP contribution in [0.15, 0.2) is 47.2 Å². The van der Waals surface area contributed by atoms with Gasteiger partial charge in [0.2, 0.25) is 5.91 Å². The quantitative estimate of drug-likeness (QED) is 0.220. The number of aromatic nitrogens is 2. The van der Waals surface area contributed by atoms with Gasteiger partial charge < -0.3 is 24.3 Å². The second kappa shape index (κ2) is 14.7. The van der Waals surface area contributed by atoms with Crippen molar-refractivity contribution >= 4 is 17.8 Å². The van der Waals surface area contributed by atoms with E-state index in [1.165, 1.54) is 5.56 Å². The van der Waals surface area contributed by atoms with Crippen molar-refractivity contribution < 1.29 is 28.6 Å². The van der Waals surface area contributed by atoms with E-state index in [1.807, 2.05) is 17.0 Å². The predicted molar refractivity (Wildman–Crippen MR) is 183 cm³/mol. The Kier molecular flexibility index (Phi) is 10.4. The molecule has 3 aromatic rings. The zero-order chi connectivity index (χ0) is 33.8. The monoisotopic (exact) mass is 658 g/mol. The fourth-order valence-corrected chi connectivity index (χ4v) is 7.18. The highest BCUT2D eigenvalue weighted by Crippen LogP contribution is 2.41. The average molecular weight is 659 g/mol. The van der Waals surface area contributed by atoms with Crippen LogP contribution in [0, 0.1) is 18.8 Å². The number of ether oxygens (including phenoxy) is 2. The number of hydrogen-bond acceptors (Lipinski definition) is 8. The Labute approximate surface area is 283 Å². The molecule has 1 aromatic carbocycles. The van der Waals surface area contributed by atoms with E-state index in [0.717, 1.165) is 67.0 Å². The molecule has 2 aromatic heterocycles. The first-order valence-electron chi connectivity index (χ1n) is 17.6. The van der Waals surface area contributed by atoms with Crippen LogP contribution in [0.4, 0.5) is 10.6 Å². The Morgan fingerprint density at radius 2 is 1.73 bits per heavy atom. The molecule has 0 bridgehead atoms. The maximum atomic E-state index is 14.3. The van der Waals surface area contributed by atoms with Gasteiger partial charge in [-0.05, 0) is 126 Å². The number of amides is 2. The molecule has 0 unspecified atom stereocenters. The largest absolute Gasteiger partial charge is 0.496 e. The average Bonchev–Trinajstić information content (AvgIpc) is 3.82. The number of carbonyl (C=O) groups excluding carboxylic acids is 2. The highest BCUT2D eigenvalue weighted by Gasteiger charge is 2.35. The molecule has 0 radical (unpaired) electrons. The summed E-state index contributed by atoms with van der Waals surface area (Å²) in [7, 11) is 1.71. The maximum absolute atomic E-state index is 14.3. The smallest absolute Gasteiger partial charge is 0.407 e. The summed E-state index contributed by atoms with van der Waals surface area (Å²) in [5.41, 5.74) is 3.16. The molecule has 3 saturated carbocycles. The van der Waals surface area contributed by atoms with Gasteiger partial charge >= 0.3 is 6.09 Å². The summed E-state index contributed by atoms with van der Waals surface area (Å²) in [6.07, 6.45) is 11.6. The van der Waals surface area contributed by atoms with E-state index in [0.29, 0.717) is 55.8 Å². The van der Waals surface area contributed by atoms with Crippen LogP contribution in [-0.2, 0) is 9.53 Å². The van der Waals surface area contributed by atoms with E-state index in [9.17, 15) is 14.7 Å². The van der Waals surface area contributed by atoms with Crippen LogP contribution >= 0.6 is 0 Å². The number of aliphatic hydroxyl groups is 1. The van der Waals surface area contributed by atoms with Crippen LogP contribution in [0.25, 0.3) is 11.3 Å². The maximum Gasteiger partial charge on any atom is 0.407 e. The second-order valence-electron chi connectivity index (χ2n) is 14.7. The standard InChI is InChI=1S/C38H50N4O6/c1-24-19-29(13-16-33(24)46-4)26-7-5-25(6-8-26)21-42(34-20-30(17-18-39-34)32-22-47-35(41-32)27-9-10-27)36(43)28-11-14-31(15-12-28)48-37(44)40-23-38(2,3)45/h13,16-20,22,25-28,31,45H,5-12,14-15,21,23H2,1-4H3,(H,40,44). The lowest BCUT2D eigenvalue weighted by molar-refractivity contribution is -0.124. The van der Waals surface area contributed by atoms with Crippen LogP contribution in [0.2, 0.25) is 0 Å². The van der Waals surface area contributed by atoms with Gasteiger partial charge in [-0.25, -0.2) is 14.8 Å². The van der Waals surface area contributed by atoms with Crippen LogP contribution < -0.4 is 15.0 Å². The fraction of sp³-hybridized carbons (Fsp3) is 0.579. The summed E-state index contributed by atoms with van der Waals surface area (Å²) < 4.78 is 16.9. The molecule has 10 nitrogen and oxygen atoms in total. The number of benzene rings is 1. The first kappa shape index (κ1) is 34.0. The third-order valence-electron chi connectivity index (χ3n) is 10.2. The predicted octanol–water partition coefficient (Wildman–Crippen LogP) is 7.29. The van der Waals surface area contributed by atoms with E-state index in [4.69, 9.17) is 23.9 Å². The lowest BCUT2D eigenvalue weighted by Gasteiger charge is -2.35. The van der Waals surface area contributed by atoms with E-state index < -0.39 is 11.7 Å². The lowest BCUT2D eigenvalue weighted by atomic mass is 9.78. The van der Waals surface area contributed by atoms with Crippen LogP contribution in [-0.4, -0.2) is 59.0 Å². The van der Waals surface area contributed by atoms with E-state index in [-0.39, 0.29) is 24.5 Å². The zero-order valence-corrected chi connectivity index (χ0v) is 28.7. The first-order valence-corrected chi connectivity index (χ1v) is 17.6. The van der Waals surface area contributed by atoms with Gasteiger partial charge in [0.25, 0.3) is 0 Å². The molecule has 0 aliphatic heterocycles. The minimum absolute atomic E-state index is 0.0799. The topological polar surface area (TPSA) is 127 Å². The summed E-state index contributed by atoms with van der Waals surface area (Å²) in [6, 6.07) is 10.4. The molecule has 2 amide bonds. The number of methoxy groups -OCH3 is 1. The molecule has 258 valence electrons. The van der Waals surface area contributed by atoms with Gasteiger partial charge in [0.05, 0.1) is 12.7 Å². The van der Waals surface area contributed by atoms with Gasteiger partial charge in [-0.1, -0.05) is 12.1 Å². The molecule has 2 N–H and O–H groups in total.